The van der Waals surface area contributed by atoms with E-state index in [9.17, 15) is 22.8 Å². The number of piperidine rings is 1. The molecule has 0 saturated carbocycles. The average Bonchev–Trinajstić information content (AvgIpc) is 3.15. The zero-order chi connectivity index (χ0) is 22.6. The van der Waals surface area contributed by atoms with Crippen molar-refractivity contribution in [1.82, 2.24) is 14.7 Å². The van der Waals surface area contributed by atoms with E-state index in [1.54, 1.807) is 28.9 Å². The molecule has 0 spiro atoms. The summed E-state index contributed by atoms with van der Waals surface area (Å²) in [7, 11) is 0. The Hall–Kier alpha value is -2.46. The summed E-state index contributed by atoms with van der Waals surface area (Å²) in [5, 5.41) is 7.82. The van der Waals surface area contributed by atoms with Gasteiger partial charge >= 0.3 is 12.3 Å². The first-order valence-corrected chi connectivity index (χ1v) is 10.1. The molecule has 1 aliphatic rings. The molecule has 0 atom stereocenters. The quantitative estimate of drug-likeness (QED) is 0.681. The Morgan fingerprint density at radius 2 is 1.90 bits per heavy atom. The van der Waals surface area contributed by atoms with Gasteiger partial charge in [0.2, 0.25) is 5.91 Å². The molecule has 2 heterocycles. The maximum Gasteiger partial charge on any atom is 0.422 e. The molecule has 1 saturated heterocycles. The number of alkyl halides is 3. The van der Waals surface area contributed by atoms with Crippen molar-refractivity contribution in [2.24, 2.45) is 5.92 Å². The average molecular weight is 479 g/mol. The first kappa shape index (κ1) is 23.2. The first-order valence-electron chi connectivity index (χ1n) is 9.38. The SMILES string of the molecule is O=C(Nc1ccnn1Cc1cccc(Cl)c1Cl)C1CCN(C(=O)OCC(F)(F)F)CC1. The van der Waals surface area contributed by atoms with Crippen LogP contribution in [-0.2, 0) is 16.1 Å². The van der Waals surface area contributed by atoms with Crippen molar-refractivity contribution in [2.45, 2.75) is 25.6 Å². The molecule has 1 aromatic carbocycles. The summed E-state index contributed by atoms with van der Waals surface area (Å²) in [5.74, 6) is -0.194. The number of hydrogen-bond donors (Lipinski definition) is 1. The number of rotatable bonds is 5. The highest BCUT2D eigenvalue weighted by molar-refractivity contribution is 6.42. The van der Waals surface area contributed by atoms with Gasteiger partial charge in [-0.05, 0) is 24.5 Å². The Morgan fingerprint density at radius 3 is 2.58 bits per heavy atom. The van der Waals surface area contributed by atoms with Gasteiger partial charge in [0, 0.05) is 25.1 Å². The fraction of sp³-hybridized carbons (Fsp3) is 0.421. The summed E-state index contributed by atoms with van der Waals surface area (Å²) >= 11 is 12.2. The molecule has 0 radical (unpaired) electrons. The van der Waals surface area contributed by atoms with Crippen molar-refractivity contribution in [3.8, 4) is 0 Å². The maximum absolute atomic E-state index is 12.6. The smallest absolute Gasteiger partial charge is 0.422 e. The predicted molar refractivity (Wildman–Crippen MR) is 108 cm³/mol. The van der Waals surface area contributed by atoms with Gasteiger partial charge in [0.1, 0.15) is 5.82 Å². The van der Waals surface area contributed by atoms with Crippen LogP contribution in [0.2, 0.25) is 10.0 Å². The zero-order valence-electron chi connectivity index (χ0n) is 16.2. The Balaban J connectivity index is 1.54. The fourth-order valence-corrected chi connectivity index (χ4v) is 3.56. The van der Waals surface area contributed by atoms with Gasteiger partial charge in [-0.3, -0.25) is 4.79 Å². The number of amides is 2. The molecule has 1 aromatic heterocycles. The van der Waals surface area contributed by atoms with E-state index in [1.807, 2.05) is 0 Å². The van der Waals surface area contributed by atoms with Crippen LogP contribution in [0.25, 0.3) is 0 Å². The largest absolute Gasteiger partial charge is 0.440 e. The number of likely N-dealkylation sites (tertiary alicyclic amines) is 1. The molecule has 31 heavy (non-hydrogen) atoms. The summed E-state index contributed by atoms with van der Waals surface area (Å²) in [6, 6.07) is 6.87. The Labute approximate surface area is 186 Å². The summed E-state index contributed by atoms with van der Waals surface area (Å²) in [4.78, 5) is 25.5. The molecule has 0 unspecified atom stereocenters. The monoisotopic (exact) mass is 478 g/mol. The summed E-state index contributed by atoms with van der Waals surface area (Å²) < 4.78 is 42.3. The number of halogens is 5. The minimum Gasteiger partial charge on any atom is -0.440 e. The molecule has 168 valence electrons. The molecule has 1 aliphatic heterocycles. The van der Waals surface area contributed by atoms with E-state index in [-0.39, 0.29) is 19.0 Å². The molecule has 1 N–H and O–H groups in total. The molecule has 3 rings (SSSR count). The number of hydrogen-bond acceptors (Lipinski definition) is 4. The van der Waals surface area contributed by atoms with Gasteiger partial charge in [-0.15, -0.1) is 0 Å². The lowest BCUT2D eigenvalue weighted by Crippen LogP contribution is -2.42. The maximum atomic E-state index is 12.6. The Kier molecular flexibility index (Phi) is 7.32. The van der Waals surface area contributed by atoms with Gasteiger partial charge in [-0.25, -0.2) is 9.48 Å². The lowest BCUT2D eigenvalue weighted by atomic mass is 9.96. The van der Waals surface area contributed by atoms with Crippen molar-refractivity contribution >= 4 is 41.0 Å². The third-order valence-electron chi connectivity index (χ3n) is 4.80. The van der Waals surface area contributed by atoms with Gasteiger partial charge < -0.3 is 15.0 Å². The molecule has 0 aliphatic carbocycles. The third kappa shape index (κ3) is 6.27. The number of aromatic nitrogens is 2. The van der Waals surface area contributed by atoms with Crippen LogP contribution in [0.3, 0.4) is 0 Å². The van der Waals surface area contributed by atoms with Crippen molar-refractivity contribution in [3.63, 3.8) is 0 Å². The van der Waals surface area contributed by atoms with Crippen molar-refractivity contribution in [1.29, 1.82) is 0 Å². The molecular formula is C19H19Cl2F3N4O3. The highest BCUT2D eigenvalue weighted by Crippen LogP contribution is 2.27. The van der Waals surface area contributed by atoms with Crippen LogP contribution in [0.1, 0.15) is 18.4 Å². The molecule has 1 fully saturated rings. The number of anilines is 1. The van der Waals surface area contributed by atoms with E-state index in [0.717, 1.165) is 5.56 Å². The Bertz CT molecular complexity index is 944. The second-order valence-corrected chi connectivity index (χ2v) is 7.79. The van der Waals surface area contributed by atoms with Crippen LogP contribution < -0.4 is 5.32 Å². The highest BCUT2D eigenvalue weighted by Gasteiger charge is 2.33. The number of nitrogens with zero attached hydrogens (tertiary/aromatic N) is 3. The second-order valence-electron chi connectivity index (χ2n) is 7.01. The second kappa shape index (κ2) is 9.78. The summed E-state index contributed by atoms with van der Waals surface area (Å²) in [6.07, 6.45) is -3.46. The van der Waals surface area contributed by atoms with Gasteiger partial charge in [-0.1, -0.05) is 35.3 Å². The van der Waals surface area contributed by atoms with Crippen molar-refractivity contribution in [3.05, 3.63) is 46.1 Å². The van der Waals surface area contributed by atoms with Crippen molar-refractivity contribution < 1.29 is 27.5 Å². The van der Waals surface area contributed by atoms with Crippen LogP contribution in [0.15, 0.2) is 30.5 Å². The molecule has 2 aromatic rings. The molecule has 0 bridgehead atoms. The minimum atomic E-state index is -4.58. The van der Waals surface area contributed by atoms with E-state index in [4.69, 9.17) is 23.2 Å². The van der Waals surface area contributed by atoms with E-state index < -0.39 is 24.8 Å². The molecule has 12 heteroatoms. The summed E-state index contributed by atoms with van der Waals surface area (Å²) in [6.45, 7) is -1.07. The number of nitrogens with one attached hydrogen (secondary N) is 1. The van der Waals surface area contributed by atoms with Crippen LogP contribution in [0, 0.1) is 5.92 Å². The summed E-state index contributed by atoms with van der Waals surface area (Å²) in [5.41, 5.74) is 0.735. The topological polar surface area (TPSA) is 76.5 Å². The van der Waals surface area contributed by atoms with E-state index >= 15 is 0 Å². The molecular weight excluding hydrogens is 460 g/mol. The van der Waals surface area contributed by atoms with E-state index in [1.165, 1.54) is 11.1 Å². The van der Waals surface area contributed by atoms with E-state index in [2.05, 4.69) is 15.2 Å². The van der Waals surface area contributed by atoms with E-state index in [0.29, 0.717) is 35.2 Å². The fourth-order valence-electron chi connectivity index (χ4n) is 3.18. The van der Waals surface area contributed by atoms with Crippen LogP contribution in [-0.4, -0.2) is 52.6 Å². The number of ether oxygens (including phenoxy) is 1. The predicted octanol–water partition coefficient (Wildman–Crippen LogP) is 4.59. The van der Waals surface area contributed by atoms with Gasteiger partial charge in [0.25, 0.3) is 0 Å². The number of carbonyl (C=O) groups excluding carboxylic acids is 2. The van der Waals surface area contributed by atoms with Crippen molar-refractivity contribution in [2.75, 3.05) is 25.0 Å². The van der Waals surface area contributed by atoms with Crippen LogP contribution in [0.5, 0.6) is 0 Å². The third-order valence-corrected chi connectivity index (χ3v) is 5.66. The minimum absolute atomic E-state index is 0.131. The molecule has 7 nitrogen and oxygen atoms in total. The lowest BCUT2D eigenvalue weighted by Gasteiger charge is -2.30. The number of benzene rings is 1. The van der Waals surface area contributed by atoms with Crippen LogP contribution in [0.4, 0.5) is 23.8 Å². The Morgan fingerprint density at radius 1 is 1.19 bits per heavy atom. The normalized spacial score (nSPS) is 15.1. The standard InChI is InChI=1S/C19H19Cl2F3N4O3/c20-14-3-1-2-13(16(14)21)10-28-15(4-7-25-28)26-17(29)12-5-8-27(9-6-12)18(30)31-11-19(22,23)24/h1-4,7,12H,5-6,8-11H2,(H,26,29). The lowest BCUT2D eigenvalue weighted by molar-refractivity contribution is -0.162. The molecule has 2 amide bonds. The highest BCUT2D eigenvalue weighted by atomic mass is 35.5. The van der Waals surface area contributed by atoms with Gasteiger partial charge in [-0.2, -0.15) is 18.3 Å². The first-order chi connectivity index (χ1) is 14.6. The van der Waals surface area contributed by atoms with Crippen LogP contribution >= 0.6 is 23.2 Å². The van der Waals surface area contributed by atoms with Gasteiger partial charge in [0.05, 0.1) is 22.8 Å². The number of carbonyl (C=O) groups is 2. The van der Waals surface area contributed by atoms with Gasteiger partial charge in [0.15, 0.2) is 6.61 Å². The zero-order valence-corrected chi connectivity index (χ0v) is 17.7.